The summed E-state index contributed by atoms with van der Waals surface area (Å²) in [5, 5.41) is 8.62. The molecule has 0 radical (unpaired) electrons. The van der Waals surface area contributed by atoms with Crippen LogP contribution in [0.25, 0.3) is 22.0 Å². The summed E-state index contributed by atoms with van der Waals surface area (Å²) in [5.74, 6) is 1.34. The second kappa shape index (κ2) is 10.1. The smallest absolute Gasteiger partial charge is 0.227 e. The summed E-state index contributed by atoms with van der Waals surface area (Å²) >= 11 is 3.49. The van der Waals surface area contributed by atoms with Crippen molar-refractivity contribution < 1.29 is 4.74 Å². The Morgan fingerprint density at radius 3 is 2.66 bits per heavy atom. The van der Waals surface area contributed by atoms with Crippen LogP contribution in [-0.2, 0) is 7.05 Å². The summed E-state index contributed by atoms with van der Waals surface area (Å²) in [6.45, 7) is 7.86. The maximum absolute atomic E-state index is 6.12. The molecule has 4 rings (SSSR count). The second-order valence-electron chi connectivity index (χ2n) is 7.55. The quantitative estimate of drug-likeness (QED) is 0.342. The van der Waals surface area contributed by atoms with Gasteiger partial charge in [-0.25, -0.2) is 9.97 Å². The average Bonchev–Trinajstić information content (AvgIpc) is 3.23. The SMILES string of the molecule is CCN(CC)CCOc1cc(Nc2ncc3cc(Br)ccc3n2)cc(-c2cnn(C)c2)c1. The zero-order valence-corrected chi connectivity index (χ0v) is 20.1. The van der Waals surface area contributed by atoms with Crippen LogP contribution in [0.4, 0.5) is 11.6 Å². The van der Waals surface area contributed by atoms with Crippen molar-refractivity contribution in [2.24, 2.45) is 7.05 Å². The molecule has 2 aromatic carbocycles. The predicted molar refractivity (Wildman–Crippen MR) is 132 cm³/mol. The number of ether oxygens (including phenoxy) is 1. The number of fused-ring (bicyclic) bond motifs is 1. The van der Waals surface area contributed by atoms with E-state index in [0.29, 0.717) is 12.6 Å². The minimum atomic E-state index is 0.539. The Kier molecular flexibility index (Phi) is 7.02. The molecule has 32 heavy (non-hydrogen) atoms. The van der Waals surface area contributed by atoms with Gasteiger partial charge in [-0.2, -0.15) is 5.10 Å². The highest BCUT2D eigenvalue weighted by atomic mass is 79.9. The Labute approximate surface area is 196 Å². The molecule has 0 bridgehead atoms. The molecule has 0 amide bonds. The highest BCUT2D eigenvalue weighted by Crippen LogP contribution is 2.30. The van der Waals surface area contributed by atoms with E-state index < -0.39 is 0 Å². The van der Waals surface area contributed by atoms with Crippen molar-refractivity contribution in [3.05, 3.63) is 59.5 Å². The summed E-state index contributed by atoms with van der Waals surface area (Å²) < 4.78 is 8.91. The van der Waals surface area contributed by atoms with E-state index in [9.17, 15) is 0 Å². The van der Waals surface area contributed by atoms with Crippen molar-refractivity contribution >= 4 is 38.5 Å². The number of hydrogen-bond acceptors (Lipinski definition) is 6. The van der Waals surface area contributed by atoms with Crippen molar-refractivity contribution in [1.29, 1.82) is 0 Å². The van der Waals surface area contributed by atoms with E-state index in [1.54, 1.807) is 4.68 Å². The Bertz CT molecular complexity index is 1200. The van der Waals surface area contributed by atoms with Gasteiger partial charge in [0.15, 0.2) is 0 Å². The van der Waals surface area contributed by atoms with Crippen LogP contribution in [0.3, 0.4) is 0 Å². The Morgan fingerprint density at radius 2 is 1.91 bits per heavy atom. The van der Waals surface area contributed by atoms with Crippen LogP contribution in [0, 0.1) is 0 Å². The number of aryl methyl sites for hydroxylation is 1. The van der Waals surface area contributed by atoms with Gasteiger partial charge in [-0.3, -0.25) is 4.68 Å². The monoisotopic (exact) mass is 494 g/mol. The van der Waals surface area contributed by atoms with Crippen LogP contribution in [0.5, 0.6) is 5.75 Å². The first-order valence-electron chi connectivity index (χ1n) is 10.7. The zero-order valence-electron chi connectivity index (χ0n) is 18.5. The fraction of sp³-hybridized carbons (Fsp3) is 0.292. The van der Waals surface area contributed by atoms with E-state index in [1.807, 2.05) is 56.0 Å². The van der Waals surface area contributed by atoms with Crippen LogP contribution in [-0.4, -0.2) is 50.9 Å². The molecule has 0 fully saturated rings. The molecule has 2 aromatic heterocycles. The number of nitrogens with one attached hydrogen (secondary N) is 1. The number of anilines is 2. The number of aromatic nitrogens is 4. The van der Waals surface area contributed by atoms with Crippen molar-refractivity contribution in [3.8, 4) is 16.9 Å². The lowest BCUT2D eigenvalue weighted by Gasteiger charge is -2.18. The van der Waals surface area contributed by atoms with Crippen LogP contribution in [0.2, 0.25) is 0 Å². The molecule has 1 N–H and O–H groups in total. The van der Waals surface area contributed by atoms with E-state index in [-0.39, 0.29) is 0 Å². The third-order valence-corrected chi connectivity index (χ3v) is 5.81. The number of halogens is 1. The summed E-state index contributed by atoms with van der Waals surface area (Å²) in [6.07, 6.45) is 5.66. The molecule has 8 heteroatoms. The third-order valence-electron chi connectivity index (χ3n) is 5.31. The van der Waals surface area contributed by atoms with Crippen molar-refractivity contribution in [2.75, 3.05) is 31.6 Å². The van der Waals surface area contributed by atoms with Crippen molar-refractivity contribution in [1.82, 2.24) is 24.6 Å². The molecule has 2 heterocycles. The standard InChI is InChI=1S/C24H27BrN6O/c1-4-31(5-2)8-9-32-22-12-17(19-15-27-30(3)16-19)11-21(13-22)28-24-26-14-18-10-20(25)6-7-23(18)29-24/h6-7,10-16H,4-5,8-9H2,1-3H3,(H,26,28,29). The third kappa shape index (κ3) is 5.44. The van der Waals surface area contributed by atoms with Gasteiger partial charge in [0.2, 0.25) is 5.95 Å². The summed E-state index contributed by atoms with van der Waals surface area (Å²) in [6, 6.07) is 12.0. The lowest BCUT2D eigenvalue weighted by Crippen LogP contribution is -2.27. The first-order valence-corrected chi connectivity index (χ1v) is 11.5. The van der Waals surface area contributed by atoms with Crippen molar-refractivity contribution in [2.45, 2.75) is 13.8 Å². The maximum atomic E-state index is 6.12. The normalized spacial score (nSPS) is 11.3. The Hall–Kier alpha value is -2.97. The van der Waals surface area contributed by atoms with Crippen LogP contribution >= 0.6 is 15.9 Å². The van der Waals surface area contributed by atoms with E-state index in [0.717, 1.165) is 57.6 Å². The molecule has 0 aliphatic heterocycles. The molecule has 0 aliphatic rings. The highest BCUT2D eigenvalue weighted by molar-refractivity contribution is 9.10. The summed E-state index contributed by atoms with van der Waals surface area (Å²) in [5.41, 5.74) is 3.78. The molecule has 4 aromatic rings. The second-order valence-corrected chi connectivity index (χ2v) is 8.46. The van der Waals surface area contributed by atoms with Gasteiger partial charge in [-0.05, 0) is 49.0 Å². The topological polar surface area (TPSA) is 68.1 Å². The van der Waals surface area contributed by atoms with Crippen LogP contribution in [0.1, 0.15) is 13.8 Å². The molecule has 0 saturated carbocycles. The number of nitrogens with zero attached hydrogens (tertiary/aromatic N) is 5. The van der Waals surface area contributed by atoms with Crippen LogP contribution in [0.15, 0.2) is 59.5 Å². The number of hydrogen-bond donors (Lipinski definition) is 1. The van der Waals surface area contributed by atoms with Gasteiger partial charge in [0.05, 0.1) is 11.7 Å². The van der Waals surface area contributed by atoms with Gasteiger partial charge < -0.3 is 15.0 Å². The number of likely N-dealkylation sites (N-methyl/N-ethyl adjacent to an activating group) is 1. The predicted octanol–water partition coefficient (Wildman–Crippen LogP) is 5.26. The van der Waals surface area contributed by atoms with Gasteiger partial charge in [0, 0.05) is 53.2 Å². The van der Waals surface area contributed by atoms with E-state index >= 15 is 0 Å². The maximum Gasteiger partial charge on any atom is 0.227 e. The summed E-state index contributed by atoms with van der Waals surface area (Å²) in [7, 11) is 1.91. The molecule has 0 saturated heterocycles. The first-order chi connectivity index (χ1) is 15.5. The highest BCUT2D eigenvalue weighted by Gasteiger charge is 2.09. The minimum Gasteiger partial charge on any atom is -0.492 e. The van der Waals surface area contributed by atoms with Gasteiger partial charge in [0.1, 0.15) is 12.4 Å². The molecule has 166 valence electrons. The van der Waals surface area contributed by atoms with Crippen molar-refractivity contribution in [3.63, 3.8) is 0 Å². The molecule has 0 aliphatic carbocycles. The van der Waals surface area contributed by atoms with Gasteiger partial charge in [-0.15, -0.1) is 0 Å². The summed E-state index contributed by atoms with van der Waals surface area (Å²) in [4.78, 5) is 11.5. The van der Waals surface area contributed by atoms with E-state index in [1.165, 1.54) is 0 Å². The van der Waals surface area contributed by atoms with Gasteiger partial charge in [-0.1, -0.05) is 29.8 Å². The molecular weight excluding hydrogens is 468 g/mol. The van der Waals surface area contributed by atoms with Gasteiger partial charge in [0.25, 0.3) is 0 Å². The molecule has 7 nitrogen and oxygen atoms in total. The lowest BCUT2D eigenvalue weighted by molar-refractivity contribution is 0.223. The molecule has 0 atom stereocenters. The average molecular weight is 495 g/mol. The Morgan fingerprint density at radius 1 is 1.06 bits per heavy atom. The lowest BCUT2D eigenvalue weighted by atomic mass is 10.1. The van der Waals surface area contributed by atoms with E-state index in [4.69, 9.17) is 4.74 Å². The fourth-order valence-electron chi connectivity index (χ4n) is 3.52. The molecular formula is C24H27BrN6O. The number of rotatable bonds is 9. The fourth-order valence-corrected chi connectivity index (χ4v) is 3.90. The Balaban J connectivity index is 1.60. The first kappa shape index (κ1) is 22.2. The molecule has 0 spiro atoms. The molecule has 0 unspecified atom stereocenters. The largest absolute Gasteiger partial charge is 0.492 e. The van der Waals surface area contributed by atoms with Crippen LogP contribution < -0.4 is 10.1 Å². The minimum absolute atomic E-state index is 0.539. The zero-order chi connectivity index (χ0) is 22.5. The number of benzene rings is 2. The van der Waals surface area contributed by atoms with Gasteiger partial charge >= 0.3 is 0 Å². The van der Waals surface area contributed by atoms with E-state index in [2.05, 4.69) is 61.1 Å².